The van der Waals surface area contributed by atoms with Crippen LogP contribution in [0.25, 0.3) is 0 Å². The molecule has 1 aromatic rings. The monoisotopic (exact) mass is 253 g/mol. The molecule has 0 aliphatic heterocycles. The predicted molar refractivity (Wildman–Crippen MR) is 55.5 cm³/mol. The van der Waals surface area contributed by atoms with E-state index in [-0.39, 0.29) is 5.82 Å². The SMILES string of the molecule is CC(C)(CCl)Nc1ccc(C(F)(F)F)nn1. The van der Waals surface area contributed by atoms with Gasteiger partial charge in [-0.2, -0.15) is 13.2 Å². The number of rotatable bonds is 3. The Morgan fingerprint density at radius 1 is 1.25 bits per heavy atom. The Bertz CT molecular complexity index is 348. The highest BCUT2D eigenvalue weighted by molar-refractivity contribution is 6.18. The van der Waals surface area contributed by atoms with Crippen molar-refractivity contribution in [2.75, 3.05) is 11.2 Å². The average Bonchev–Trinajstić information content (AvgIpc) is 2.16. The van der Waals surface area contributed by atoms with E-state index < -0.39 is 17.4 Å². The number of hydrogen-bond acceptors (Lipinski definition) is 3. The van der Waals surface area contributed by atoms with Crippen LogP contribution >= 0.6 is 11.6 Å². The van der Waals surface area contributed by atoms with Gasteiger partial charge in [0.15, 0.2) is 5.69 Å². The molecule has 3 nitrogen and oxygen atoms in total. The van der Waals surface area contributed by atoms with Crippen molar-refractivity contribution in [3.05, 3.63) is 17.8 Å². The number of halogens is 4. The van der Waals surface area contributed by atoms with Gasteiger partial charge < -0.3 is 5.32 Å². The minimum absolute atomic E-state index is 0.263. The van der Waals surface area contributed by atoms with Crippen LogP contribution in [0.15, 0.2) is 12.1 Å². The molecule has 0 aliphatic rings. The number of aromatic nitrogens is 2. The Labute approximate surface area is 96.0 Å². The van der Waals surface area contributed by atoms with Crippen molar-refractivity contribution in [1.82, 2.24) is 10.2 Å². The van der Waals surface area contributed by atoms with E-state index in [4.69, 9.17) is 11.6 Å². The van der Waals surface area contributed by atoms with Gasteiger partial charge in [0, 0.05) is 11.4 Å². The molecule has 1 rings (SSSR count). The summed E-state index contributed by atoms with van der Waals surface area (Å²) in [5, 5.41) is 9.40. The smallest absolute Gasteiger partial charge is 0.363 e. The highest BCUT2D eigenvalue weighted by Gasteiger charge is 2.33. The first-order valence-corrected chi connectivity index (χ1v) is 5.03. The lowest BCUT2D eigenvalue weighted by atomic mass is 10.1. The standard InChI is InChI=1S/C9H11ClF3N3/c1-8(2,5-10)14-7-4-3-6(15-16-7)9(11,12)13/h3-4H,5H2,1-2H3,(H,14,16). The molecule has 7 heteroatoms. The maximum absolute atomic E-state index is 12.2. The second-order valence-corrected chi connectivity index (χ2v) is 4.21. The van der Waals surface area contributed by atoms with Gasteiger partial charge in [-0.15, -0.1) is 21.8 Å². The van der Waals surface area contributed by atoms with Crippen LogP contribution in [0.2, 0.25) is 0 Å². The van der Waals surface area contributed by atoms with Gasteiger partial charge in [-0.1, -0.05) is 0 Å². The van der Waals surface area contributed by atoms with E-state index in [1.54, 1.807) is 13.8 Å². The van der Waals surface area contributed by atoms with Gasteiger partial charge >= 0.3 is 6.18 Å². The van der Waals surface area contributed by atoms with Gasteiger partial charge in [-0.05, 0) is 26.0 Å². The van der Waals surface area contributed by atoms with Crippen LogP contribution in [0.5, 0.6) is 0 Å². The zero-order valence-corrected chi connectivity index (χ0v) is 9.52. The lowest BCUT2D eigenvalue weighted by molar-refractivity contribution is -0.141. The molecule has 0 aromatic carbocycles. The van der Waals surface area contributed by atoms with Crippen molar-refractivity contribution < 1.29 is 13.2 Å². The molecule has 0 radical (unpaired) electrons. The highest BCUT2D eigenvalue weighted by atomic mass is 35.5. The molecule has 0 saturated carbocycles. The summed E-state index contributed by atoms with van der Waals surface area (Å²) in [4.78, 5) is 0. The second-order valence-electron chi connectivity index (χ2n) is 3.94. The first kappa shape index (κ1) is 13.0. The molecule has 0 bridgehead atoms. The van der Waals surface area contributed by atoms with Crippen molar-refractivity contribution >= 4 is 17.4 Å². The van der Waals surface area contributed by atoms with Crippen LogP contribution in [0.3, 0.4) is 0 Å². The average molecular weight is 254 g/mol. The number of anilines is 1. The fourth-order valence-corrected chi connectivity index (χ4v) is 0.997. The number of nitrogens with one attached hydrogen (secondary N) is 1. The van der Waals surface area contributed by atoms with Crippen LogP contribution in [0.1, 0.15) is 19.5 Å². The zero-order valence-electron chi connectivity index (χ0n) is 8.77. The minimum atomic E-state index is -4.46. The molecule has 0 aliphatic carbocycles. The number of alkyl halides is 4. The van der Waals surface area contributed by atoms with Crippen molar-refractivity contribution in [1.29, 1.82) is 0 Å². The lowest BCUT2D eigenvalue weighted by Crippen LogP contribution is -2.33. The normalized spacial score (nSPS) is 12.6. The minimum Gasteiger partial charge on any atom is -0.363 e. The Morgan fingerprint density at radius 2 is 1.88 bits per heavy atom. The summed E-state index contributed by atoms with van der Waals surface area (Å²) in [6.07, 6.45) is -4.46. The predicted octanol–water partition coefficient (Wildman–Crippen LogP) is 2.92. The van der Waals surface area contributed by atoms with E-state index >= 15 is 0 Å². The van der Waals surface area contributed by atoms with Crippen molar-refractivity contribution in [3.8, 4) is 0 Å². The number of hydrogen-bond donors (Lipinski definition) is 1. The molecule has 0 saturated heterocycles. The van der Waals surface area contributed by atoms with E-state index in [2.05, 4.69) is 15.5 Å². The molecule has 1 aromatic heterocycles. The van der Waals surface area contributed by atoms with Crippen LogP contribution < -0.4 is 5.32 Å². The maximum Gasteiger partial charge on any atom is 0.435 e. The summed E-state index contributed by atoms with van der Waals surface area (Å²) in [7, 11) is 0. The second kappa shape index (κ2) is 4.45. The molecule has 1 N–H and O–H groups in total. The largest absolute Gasteiger partial charge is 0.435 e. The number of nitrogens with zero attached hydrogens (tertiary/aromatic N) is 2. The van der Waals surface area contributed by atoms with Gasteiger partial charge in [0.2, 0.25) is 0 Å². The Balaban J connectivity index is 2.80. The molecule has 1 heterocycles. The van der Waals surface area contributed by atoms with Gasteiger partial charge in [-0.3, -0.25) is 0 Å². The fraction of sp³-hybridized carbons (Fsp3) is 0.556. The van der Waals surface area contributed by atoms with E-state index in [0.29, 0.717) is 5.88 Å². The summed E-state index contributed by atoms with van der Waals surface area (Å²) in [6.45, 7) is 3.61. The molecular weight excluding hydrogens is 243 g/mol. The van der Waals surface area contributed by atoms with Gasteiger partial charge in [0.05, 0.1) is 0 Å². The molecule has 0 unspecified atom stereocenters. The van der Waals surface area contributed by atoms with Crippen molar-refractivity contribution in [2.24, 2.45) is 0 Å². The third-order valence-corrected chi connectivity index (χ3v) is 2.42. The molecular formula is C9H11ClF3N3. The van der Waals surface area contributed by atoms with E-state index in [1.165, 1.54) is 6.07 Å². The zero-order chi connectivity index (χ0) is 12.4. The quantitative estimate of drug-likeness (QED) is 0.842. The van der Waals surface area contributed by atoms with Crippen LogP contribution in [0, 0.1) is 0 Å². The highest BCUT2D eigenvalue weighted by Crippen LogP contribution is 2.27. The summed E-state index contributed by atoms with van der Waals surface area (Å²) < 4.78 is 36.5. The maximum atomic E-state index is 12.2. The third-order valence-electron chi connectivity index (χ3n) is 1.76. The molecule has 0 fully saturated rings. The summed E-state index contributed by atoms with van der Waals surface area (Å²) in [6, 6.07) is 2.10. The Kier molecular flexibility index (Phi) is 3.62. The van der Waals surface area contributed by atoms with Gasteiger partial charge in [0.1, 0.15) is 5.82 Å². The third kappa shape index (κ3) is 3.52. The lowest BCUT2D eigenvalue weighted by Gasteiger charge is -2.23. The van der Waals surface area contributed by atoms with E-state index in [0.717, 1.165) is 6.07 Å². The van der Waals surface area contributed by atoms with Crippen LogP contribution in [-0.2, 0) is 6.18 Å². The van der Waals surface area contributed by atoms with Crippen LogP contribution in [-0.4, -0.2) is 21.6 Å². The van der Waals surface area contributed by atoms with Gasteiger partial charge in [0.25, 0.3) is 0 Å². The summed E-state index contributed by atoms with van der Waals surface area (Å²) >= 11 is 5.66. The molecule has 90 valence electrons. The molecule has 0 amide bonds. The Morgan fingerprint density at radius 3 is 2.25 bits per heavy atom. The summed E-state index contributed by atoms with van der Waals surface area (Å²) in [5.41, 5.74) is -1.46. The molecule has 0 spiro atoms. The fourth-order valence-electron chi connectivity index (χ4n) is 0.930. The van der Waals surface area contributed by atoms with Crippen molar-refractivity contribution in [2.45, 2.75) is 25.6 Å². The summed E-state index contributed by atoms with van der Waals surface area (Å²) in [5.74, 6) is 0.564. The van der Waals surface area contributed by atoms with Gasteiger partial charge in [-0.25, -0.2) is 0 Å². The van der Waals surface area contributed by atoms with Crippen LogP contribution in [0.4, 0.5) is 19.0 Å². The Hall–Kier alpha value is -1.04. The van der Waals surface area contributed by atoms with E-state index in [9.17, 15) is 13.2 Å². The first-order chi connectivity index (χ1) is 7.24. The van der Waals surface area contributed by atoms with Crippen molar-refractivity contribution in [3.63, 3.8) is 0 Å². The molecule has 16 heavy (non-hydrogen) atoms. The molecule has 0 atom stereocenters. The van der Waals surface area contributed by atoms with E-state index in [1.807, 2.05) is 0 Å². The first-order valence-electron chi connectivity index (χ1n) is 4.50. The topological polar surface area (TPSA) is 37.8 Å².